The van der Waals surface area contributed by atoms with Gasteiger partial charge in [-0.3, -0.25) is 9.36 Å². The van der Waals surface area contributed by atoms with Crippen molar-refractivity contribution in [3.8, 4) is 0 Å². The number of fused-ring (bicyclic) bond motifs is 1. The summed E-state index contributed by atoms with van der Waals surface area (Å²) in [6.45, 7) is 3.47. The van der Waals surface area contributed by atoms with Gasteiger partial charge in [0, 0.05) is 12.6 Å². The molecule has 3 rings (SSSR count). The molecule has 3 aromatic rings. The molecule has 1 heterocycles. The molecule has 2 aromatic carbocycles. The molecule has 1 aromatic heterocycles. The molecule has 8 nitrogen and oxygen atoms in total. The van der Waals surface area contributed by atoms with E-state index < -0.39 is 15.8 Å². The monoisotopic (exact) mass is 417 g/mol. The van der Waals surface area contributed by atoms with Crippen molar-refractivity contribution in [2.45, 2.75) is 38.7 Å². The molecule has 0 saturated heterocycles. The number of nitrogens with one attached hydrogen (secondary N) is 2. The first-order valence-electron chi connectivity index (χ1n) is 9.17. The number of hydrogen-bond acceptors (Lipinski definition) is 5. The van der Waals surface area contributed by atoms with Gasteiger partial charge in [0.15, 0.2) is 5.58 Å². The number of carbonyl (C=O) groups excluding carboxylic acids is 1. The number of sulfonamides is 1. The number of oxazole rings is 1. The zero-order valence-electron chi connectivity index (χ0n) is 16.2. The summed E-state index contributed by atoms with van der Waals surface area (Å²) < 4.78 is 33.4. The summed E-state index contributed by atoms with van der Waals surface area (Å²) in [5, 5.41) is 2.74. The molecule has 29 heavy (non-hydrogen) atoms. The van der Waals surface area contributed by atoms with Crippen LogP contribution in [0.5, 0.6) is 0 Å². The second-order valence-corrected chi connectivity index (χ2v) is 8.75. The number of carbonyl (C=O) groups is 1. The second-order valence-electron chi connectivity index (χ2n) is 7.00. The molecule has 0 aliphatic heterocycles. The van der Waals surface area contributed by atoms with Crippen molar-refractivity contribution in [3.05, 3.63) is 70.2 Å². The highest BCUT2D eigenvalue weighted by Crippen LogP contribution is 2.13. The Labute approximate surface area is 168 Å². The first-order valence-corrected chi connectivity index (χ1v) is 10.8. The standard InChI is InChI=1S/C20H23N3O5S/c1-14(2)22-29(26,27)13-16-8-4-3-7-15(16)11-21-19(24)12-23-17-9-5-6-10-18(17)28-20(23)25/h3-10,14,22H,11-13H2,1-2H3,(H,21,24). The van der Waals surface area contributed by atoms with Gasteiger partial charge in [0.2, 0.25) is 15.9 Å². The summed E-state index contributed by atoms with van der Waals surface area (Å²) in [6, 6.07) is 13.7. The van der Waals surface area contributed by atoms with E-state index in [4.69, 9.17) is 4.42 Å². The van der Waals surface area contributed by atoms with Gasteiger partial charge >= 0.3 is 5.76 Å². The van der Waals surface area contributed by atoms with E-state index in [-0.39, 0.29) is 30.8 Å². The van der Waals surface area contributed by atoms with Gasteiger partial charge in [-0.05, 0) is 37.1 Å². The first kappa shape index (κ1) is 20.8. The zero-order valence-corrected chi connectivity index (χ0v) is 17.0. The Hall–Kier alpha value is -2.91. The van der Waals surface area contributed by atoms with Crippen LogP contribution < -0.4 is 15.8 Å². The van der Waals surface area contributed by atoms with Gasteiger partial charge < -0.3 is 9.73 Å². The van der Waals surface area contributed by atoms with Crippen molar-refractivity contribution in [1.29, 1.82) is 0 Å². The number of benzene rings is 2. The molecule has 0 aliphatic carbocycles. The summed E-state index contributed by atoms with van der Waals surface area (Å²) in [6.07, 6.45) is 0. The Balaban J connectivity index is 1.69. The van der Waals surface area contributed by atoms with Crippen LogP contribution in [0, 0.1) is 0 Å². The van der Waals surface area contributed by atoms with E-state index in [9.17, 15) is 18.0 Å². The maximum absolute atomic E-state index is 12.4. The molecule has 0 fully saturated rings. The quantitative estimate of drug-likeness (QED) is 0.580. The van der Waals surface area contributed by atoms with Gasteiger partial charge in [0.1, 0.15) is 6.54 Å². The van der Waals surface area contributed by atoms with E-state index in [0.717, 1.165) is 0 Å². The van der Waals surface area contributed by atoms with Crippen molar-refractivity contribution < 1.29 is 17.6 Å². The van der Waals surface area contributed by atoms with Crippen LogP contribution in [0.3, 0.4) is 0 Å². The summed E-state index contributed by atoms with van der Waals surface area (Å²) in [7, 11) is -3.49. The van der Waals surface area contributed by atoms with Crippen molar-refractivity contribution in [3.63, 3.8) is 0 Å². The molecular weight excluding hydrogens is 394 g/mol. The van der Waals surface area contributed by atoms with E-state index in [1.165, 1.54) is 4.57 Å². The SMILES string of the molecule is CC(C)NS(=O)(=O)Cc1ccccc1CNC(=O)Cn1c(=O)oc2ccccc21. The van der Waals surface area contributed by atoms with Crippen LogP contribution in [0.25, 0.3) is 11.1 Å². The van der Waals surface area contributed by atoms with Crippen LogP contribution in [-0.2, 0) is 33.7 Å². The third-order valence-corrected chi connectivity index (χ3v) is 5.75. The lowest BCUT2D eigenvalue weighted by Gasteiger charge is -2.13. The smallest absolute Gasteiger partial charge is 0.408 e. The molecule has 0 saturated carbocycles. The maximum atomic E-state index is 12.4. The summed E-state index contributed by atoms with van der Waals surface area (Å²) in [5.74, 6) is -1.16. The first-order chi connectivity index (χ1) is 13.7. The van der Waals surface area contributed by atoms with Crippen molar-refractivity contribution in [2.24, 2.45) is 0 Å². The highest BCUT2D eigenvalue weighted by Gasteiger charge is 2.16. The fraction of sp³-hybridized carbons (Fsp3) is 0.300. The minimum absolute atomic E-state index is 0.150. The van der Waals surface area contributed by atoms with Crippen LogP contribution in [0.4, 0.5) is 0 Å². The minimum atomic E-state index is -3.49. The van der Waals surface area contributed by atoms with Crippen molar-refractivity contribution in [1.82, 2.24) is 14.6 Å². The Bertz CT molecular complexity index is 1180. The van der Waals surface area contributed by atoms with Crippen molar-refractivity contribution in [2.75, 3.05) is 0 Å². The second kappa shape index (κ2) is 8.62. The Morgan fingerprint density at radius 1 is 1.07 bits per heavy atom. The van der Waals surface area contributed by atoms with E-state index >= 15 is 0 Å². The average molecular weight is 417 g/mol. The largest absolute Gasteiger partial charge is 0.420 e. The predicted octanol–water partition coefficient (Wildman–Crippen LogP) is 1.74. The van der Waals surface area contributed by atoms with Crippen LogP contribution in [-0.4, -0.2) is 24.9 Å². The molecule has 0 bridgehead atoms. The molecule has 1 amide bonds. The summed E-state index contributed by atoms with van der Waals surface area (Å²) >= 11 is 0. The number of hydrogen-bond donors (Lipinski definition) is 2. The van der Waals surface area contributed by atoms with E-state index in [1.54, 1.807) is 62.4 Å². The molecule has 9 heteroatoms. The minimum Gasteiger partial charge on any atom is -0.408 e. The molecular formula is C20H23N3O5S. The molecule has 0 spiro atoms. The van der Waals surface area contributed by atoms with Gasteiger partial charge in [-0.1, -0.05) is 36.4 Å². The molecule has 154 valence electrons. The Morgan fingerprint density at radius 2 is 1.72 bits per heavy atom. The third-order valence-electron chi connectivity index (χ3n) is 4.23. The topological polar surface area (TPSA) is 110 Å². The summed E-state index contributed by atoms with van der Waals surface area (Å²) in [5.41, 5.74) is 2.25. The number of rotatable bonds is 8. The van der Waals surface area contributed by atoms with Gasteiger partial charge in [-0.25, -0.2) is 17.9 Å². The molecule has 0 radical (unpaired) electrons. The van der Waals surface area contributed by atoms with E-state index in [0.29, 0.717) is 22.2 Å². The summed E-state index contributed by atoms with van der Waals surface area (Å²) in [4.78, 5) is 24.4. The van der Waals surface area contributed by atoms with Crippen molar-refractivity contribution >= 4 is 27.0 Å². The lowest BCUT2D eigenvalue weighted by Crippen LogP contribution is -2.32. The van der Waals surface area contributed by atoms with E-state index in [1.807, 2.05) is 0 Å². The fourth-order valence-electron chi connectivity index (χ4n) is 3.03. The van der Waals surface area contributed by atoms with Crippen LogP contribution in [0.1, 0.15) is 25.0 Å². The number of nitrogens with zero attached hydrogens (tertiary/aromatic N) is 1. The number of aromatic nitrogens is 1. The molecule has 0 aliphatic rings. The van der Waals surface area contributed by atoms with Crippen LogP contribution in [0.15, 0.2) is 57.7 Å². The van der Waals surface area contributed by atoms with E-state index in [2.05, 4.69) is 10.0 Å². The Kier molecular flexibility index (Phi) is 6.19. The fourth-order valence-corrected chi connectivity index (χ4v) is 4.53. The lowest BCUT2D eigenvalue weighted by atomic mass is 10.1. The van der Waals surface area contributed by atoms with Gasteiger partial charge in [-0.2, -0.15) is 0 Å². The average Bonchev–Trinajstić information content (AvgIpc) is 2.95. The zero-order chi connectivity index (χ0) is 21.0. The third kappa shape index (κ3) is 5.33. The van der Waals surface area contributed by atoms with Crippen LogP contribution >= 0.6 is 0 Å². The normalized spacial score (nSPS) is 11.8. The predicted molar refractivity (Wildman–Crippen MR) is 110 cm³/mol. The number of para-hydroxylation sites is 2. The lowest BCUT2D eigenvalue weighted by molar-refractivity contribution is -0.121. The highest BCUT2D eigenvalue weighted by molar-refractivity contribution is 7.88. The molecule has 2 N–H and O–H groups in total. The molecule has 0 atom stereocenters. The van der Waals surface area contributed by atoms with Crippen LogP contribution in [0.2, 0.25) is 0 Å². The number of amides is 1. The Morgan fingerprint density at radius 3 is 2.45 bits per heavy atom. The molecule has 0 unspecified atom stereocenters. The van der Waals surface area contributed by atoms with Gasteiger partial charge in [0.05, 0.1) is 11.3 Å². The van der Waals surface area contributed by atoms with Gasteiger partial charge in [-0.15, -0.1) is 0 Å². The highest BCUT2D eigenvalue weighted by atomic mass is 32.2. The van der Waals surface area contributed by atoms with Gasteiger partial charge in [0.25, 0.3) is 0 Å². The maximum Gasteiger partial charge on any atom is 0.420 e.